The van der Waals surface area contributed by atoms with E-state index in [0.717, 1.165) is 0 Å². The summed E-state index contributed by atoms with van der Waals surface area (Å²) in [6, 6.07) is 8.37. The number of hydrogen-bond donors (Lipinski definition) is 0. The van der Waals surface area contributed by atoms with Gasteiger partial charge in [-0.25, -0.2) is 0 Å². The van der Waals surface area contributed by atoms with E-state index in [1.165, 1.54) is 24.5 Å². The normalized spacial score (nSPS) is 9.12. The molecule has 0 amide bonds. The fourth-order valence-electron chi connectivity index (χ4n) is 1.13. The number of hydrogen-bond acceptors (Lipinski definition) is 5. The van der Waals surface area contributed by atoms with Crippen molar-refractivity contribution in [2.45, 2.75) is 0 Å². The third-order valence-electron chi connectivity index (χ3n) is 1.76. The molecule has 5 nitrogen and oxygen atoms in total. The van der Waals surface area contributed by atoms with Gasteiger partial charge < -0.3 is 9.15 Å². The number of ether oxygens (including phenoxy) is 1. The quantitative estimate of drug-likeness (QED) is 0.756. The summed E-state index contributed by atoms with van der Waals surface area (Å²) in [6.45, 7) is 0. The number of rotatable bonds is 2. The van der Waals surface area contributed by atoms with E-state index in [1.807, 2.05) is 12.1 Å². The maximum absolute atomic E-state index is 8.75. The maximum Gasteiger partial charge on any atom is 0.287 e. The molecule has 0 saturated heterocycles. The topological polar surface area (TPSA) is 82.8 Å². The predicted molar refractivity (Wildman–Crippen MR) is 51.3 cm³/mol. The van der Waals surface area contributed by atoms with Crippen LogP contribution in [0, 0.1) is 29.1 Å². The molecule has 0 fully saturated rings. The summed E-state index contributed by atoms with van der Waals surface area (Å²) in [4.78, 5) is 3.64. The first-order valence-electron chi connectivity index (χ1n) is 4.26. The zero-order chi connectivity index (χ0) is 11.4. The molecule has 0 aliphatic carbocycles. The SMILES string of the molecule is N#Cc1cc(C#N)cc(Oc2co[c]n2)c1. The molecule has 1 radical (unpaired) electrons. The zero-order valence-electron chi connectivity index (χ0n) is 7.97. The van der Waals surface area contributed by atoms with Gasteiger partial charge in [0.25, 0.3) is 12.3 Å². The Morgan fingerprint density at radius 3 is 2.38 bits per heavy atom. The molecule has 0 aliphatic rings. The maximum atomic E-state index is 8.75. The molecule has 5 heteroatoms. The molecule has 0 N–H and O–H groups in total. The molecule has 0 unspecified atom stereocenters. The summed E-state index contributed by atoms with van der Waals surface area (Å²) in [5.41, 5.74) is 0.697. The van der Waals surface area contributed by atoms with Crippen LogP contribution in [0.4, 0.5) is 0 Å². The van der Waals surface area contributed by atoms with E-state index >= 15 is 0 Å². The lowest BCUT2D eigenvalue weighted by Crippen LogP contribution is -1.87. The standard InChI is InChI=1S/C11H4N3O2/c12-4-8-1-9(5-13)3-10(2-8)16-11-6-15-7-14-11/h1-3,6H. The van der Waals surface area contributed by atoms with Crippen LogP contribution in [0.3, 0.4) is 0 Å². The molecule has 0 saturated carbocycles. The molecule has 0 atom stereocenters. The highest BCUT2D eigenvalue weighted by Gasteiger charge is 2.04. The molecule has 75 valence electrons. The van der Waals surface area contributed by atoms with E-state index < -0.39 is 0 Å². The van der Waals surface area contributed by atoms with Crippen molar-refractivity contribution in [1.82, 2.24) is 4.98 Å². The van der Waals surface area contributed by atoms with E-state index in [9.17, 15) is 0 Å². The Kier molecular flexibility index (Phi) is 2.53. The fourth-order valence-corrected chi connectivity index (χ4v) is 1.13. The van der Waals surface area contributed by atoms with Gasteiger partial charge in [0.15, 0.2) is 6.26 Å². The highest BCUT2D eigenvalue weighted by atomic mass is 16.5. The van der Waals surface area contributed by atoms with Gasteiger partial charge in [-0.1, -0.05) is 0 Å². The summed E-state index contributed by atoms with van der Waals surface area (Å²) in [5.74, 6) is 0.580. The van der Waals surface area contributed by atoms with Gasteiger partial charge >= 0.3 is 0 Å². The zero-order valence-corrected chi connectivity index (χ0v) is 7.97. The first kappa shape index (κ1) is 9.75. The number of aromatic nitrogens is 1. The van der Waals surface area contributed by atoms with Crippen molar-refractivity contribution in [1.29, 1.82) is 10.5 Å². The minimum Gasteiger partial charge on any atom is -0.437 e. The van der Waals surface area contributed by atoms with Crippen LogP contribution in [0.1, 0.15) is 11.1 Å². The largest absolute Gasteiger partial charge is 0.437 e. The molecule has 1 aromatic carbocycles. The van der Waals surface area contributed by atoms with E-state index in [-0.39, 0.29) is 5.88 Å². The van der Waals surface area contributed by atoms with E-state index in [1.54, 1.807) is 0 Å². The fraction of sp³-hybridized carbons (Fsp3) is 0. The highest BCUT2D eigenvalue weighted by molar-refractivity contribution is 5.46. The number of benzene rings is 1. The van der Waals surface area contributed by atoms with Gasteiger partial charge in [-0.05, 0) is 18.2 Å². The summed E-state index contributed by atoms with van der Waals surface area (Å²) in [6.07, 6.45) is 3.50. The Morgan fingerprint density at radius 1 is 1.19 bits per heavy atom. The van der Waals surface area contributed by atoms with Crippen molar-refractivity contribution in [3.8, 4) is 23.8 Å². The molecule has 1 heterocycles. The second-order valence-electron chi connectivity index (χ2n) is 2.85. The second-order valence-corrected chi connectivity index (χ2v) is 2.85. The van der Waals surface area contributed by atoms with Gasteiger partial charge in [-0.3, -0.25) is 0 Å². The third-order valence-corrected chi connectivity index (χ3v) is 1.76. The van der Waals surface area contributed by atoms with Crippen molar-refractivity contribution in [2.24, 2.45) is 0 Å². The Hall–Kier alpha value is -2.79. The van der Waals surface area contributed by atoms with Gasteiger partial charge in [0.05, 0.1) is 23.3 Å². The summed E-state index contributed by atoms with van der Waals surface area (Å²) in [5, 5.41) is 17.5. The molecule has 2 aromatic rings. The van der Waals surface area contributed by atoms with Crippen LogP contribution in [0.2, 0.25) is 0 Å². The van der Waals surface area contributed by atoms with Crippen LogP contribution in [-0.2, 0) is 0 Å². The average molecular weight is 210 g/mol. The van der Waals surface area contributed by atoms with E-state index in [2.05, 4.69) is 15.8 Å². The number of nitrogens with zero attached hydrogens (tertiary/aromatic N) is 3. The molecule has 1 aromatic heterocycles. The molecule has 16 heavy (non-hydrogen) atoms. The lowest BCUT2D eigenvalue weighted by Gasteiger charge is -2.01. The van der Waals surface area contributed by atoms with Crippen molar-refractivity contribution < 1.29 is 9.15 Å². The van der Waals surface area contributed by atoms with Gasteiger partial charge in [-0.15, -0.1) is 0 Å². The Bertz CT molecular complexity index is 544. The molecule has 0 bridgehead atoms. The molecule has 0 spiro atoms. The van der Waals surface area contributed by atoms with E-state index in [4.69, 9.17) is 15.3 Å². The molecule has 2 rings (SSSR count). The van der Waals surface area contributed by atoms with Crippen molar-refractivity contribution in [3.05, 3.63) is 42.0 Å². The first-order valence-corrected chi connectivity index (χ1v) is 4.26. The van der Waals surface area contributed by atoms with Gasteiger partial charge in [-0.2, -0.15) is 15.5 Å². The van der Waals surface area contributed by atoms with Crippen LogP contribution in [0.25, 0.3) is 0 Å². The van der Waals surface area contributed by atoms with Crippen LogP contribution in [0.5, 0.6) is 11.6 Å². The van der Waals surface area contributed by atoms with Crippen LogP contribution in [0.15, 0.2) is 28.9 Å². The second kappa shape index (κ2) is 4.16. The number of nitriles is 2. The van der Waals surface area contributed by atoms with Crippen LogP contribution in [-0.4, -0.2) is 4.98 Å². The monoisotopic (exact) mass is 210 g/mol. The van der Waals surface area contributed by atoms with Crippen LogP contribution >= 0.6 is 0 Å². The first-order chi connectivity index (χ1) is 7.81. The summed E-state index contributed by atoms with van der Waals surface area (Å²) >= 11 is 0. The lowest BCUT2D eigenvalue weighted by molar-refractivity contribution is 0.457. The Morgan fingerprint density at radius 2 is 1.88 bits per heavy atom. The summed E-state index contributed by atoms with van der Waals surface area (Å²) in [7, 11) is 0. The number of oxazole rings is 1. The van der Waals surface area contributed by atoms with Gasteiger partial charge in [0.2, 0.25) is 0 Å². The minimum absolute atomic E-state index is 0.221. The van der Waals surface area contributed by atoms with Gasteiger partial charge in [0.1, 0.15) is 5.75 Å². The highest BCUT2D eigenvalue weighted by Crippen LogP contribution is 2.22. The average Bonchev–Trinajstić information content (AvgIpc) is 2.81. The van der Waals surface area contributed by atoms with Crippen molar-refractivity contribution in [3.63, 3.8) is 0 Å². The van der Waals surface area contributed by atoms with Crippen LogP contribution < -0.4 is 4.74 Å². The van der Waals surface area contributed by atoms with Gasteiger partial charge in [0, 0.05) is 0 Å². The van der Waals surface area contributed by atoms with Crippen molar-refractivity contribution >= 4 is 0 Å². The summed E-state index contributed by atoms with van der Waals surface area (Å²) < 4.78 is 9.87. The smallest absolute Gasteiger partial charge is 0.287 e. The van der Waals surface area contributed by atoms with Crippen molar-refractivity contribution in [2.75, 3.05) is 0 Å². The Balaban J connectivity index is 2.35. The lowest BCUT2D eigenvalue weighted by atomic mass is 10.1. The predicted octanol–water partition coefficient (Wildman–Crippen LogP) is 2.01. The molecule has 0 aliphatic heterocycles. The molecular weight excluding hydrogens is 206 g/mol. The molecular formula is C11H4N3O2. The van der Waals surface area contributed by atoms with E-state index in [0.29, 0.717) is 16.9 Å². The third kappa shape index (κ3) is 1.99. The Labute approximate surface area is 91.1 Å². The minimum atomic E-state index is 0.221.